The highest BCUT2D eigenvalue weighted by molar-refractivity contribution is 6.53. The number of halogens is 2. The molecule has 1 atom stereocenters. The molecule has 0 bridgehead atoms. The van der Waals surface area contributed by atoms with Gasteiger partial charge in [0.1, 0.15) is 4.33 Å². The van der Waals surface area contributed by atoms with Crippen LogP contribution in [0.3, 0.4) is 0 Å². The van der Waals surface area contributed by atoms with Gasteiger partial charge in [0.2, 0.25) is 5.91 Å². The maximum Gasteiger partial charge on any atom is 0.249 e. The van der Waals surface area contributed by atoms with Crippen LogP contribution in [0.1, 0.15) is 59.8 Å². The first-order chi connectivity index (χ1) is 9.06. The molecule has 0 aliphatic heterocycles. The van der Waals surface area contributed by atoms with E-state index in [1.165, 1.54) is 0 Å². The van der Waals surface area contributed by atoms with Gasteiger partial charge in [-0.15, -0.1) is 23.2 Å². The second-order valence-electron chi connectivity index (χ2n) is 7.47. The van der Waals surface area contributed by atoms with Crippen molar-refractivity contribution in [1.29, 1.82) is 0 Å². The van der Waals surface area contributed by atoms with E-state index in [2.05, 4.69) is 31.3 Å². The zero-order chi connectivity index (χ0) is 15.2. The predicted octanol–water partition coefficient (Wildman–Crippen LogP) is 4.28. The third kappa shape index (κ3) is 3.14. The lowest BCUT2D eigenvalue weighted by molar-refractivity contribution is -0.125. The first kappa shape index (κ1) is 16.1. The van der Waals surface area contributed by atoms with Gasteiger partial charge in [0.15, 0.2) is 0 Å². The van der Waals surface area contributed by atoms with Crippen LogP contribution in [-0.4, -0.2) is 16.0 Å². The third-order valence-electron chi connectivity index (χ3n) is 4.86. The topological polar surface area (TPSA) is 41.5 Å². The smallest absolute Gasteiger partial charge is 0.249 e. The van der Waals surface area contributed by atoms with Crippen molar-refractivity contribution >= 4 is 34.8 Å². The number of hydrogen-bond acceptors (Lipinski definition) is 2. The van der Waals surface area contributed by atoms with Crippen molar-refractivity contribution < 1.29 is 4.79 Å². The first-order valence-corrected chi connectivity index (χ1v) is 8.05. The monoisotopic (exact) mass is 318 g/mol. The molecule has 0 spiro atoms. The van der Waals surface area contributed by atoms with Gasteiger partial charge in [-0.1, -0.05) is 20.8 Å². The molecular weight excluding hydrogens is 295 g/mol. The van der Waals surface area contributed by atoms with Crippen LogP contribution >= 0.6 is 23.2 Å². The molecule has 0 aromatic heterocycles. The van der Waals surface area contributed by atoms with E-state index in [0.717, 1.165) is 37.3 Å². The summed E-state index contributed by atoms with van der Waals surface area (Å²) >= 11 is 12.0. The summed E-state index contributed by atoms with van der Waals surface area (Å²) < 4.78 is -0.929. The Hall–Kier alpha value is -0.280. The summed E-state index contributed by atoms with van der Waals surface area (Å²) in [6.07, 6.45) is 4.71. The molecule has 0 aromatic rings. The first-order valence-electron chi connectivity index (χ1n) is 7.30. The number of alkyl halides is 2. The number of hydrogen-bond donors (Lipinski definition) is 1. The Kier molecular flexibility index (Phi) is 4.16. The van der Waals surface area contributed by atoms with Crippen LogP contribution in [-0.2, 0) is 4.79 Å². The molecule has 0 saturated heterocycles. The van der Waals surface area contributed by atoms with Crippen molar-refractivity contribution in [1.82, 2.24) is 5.43 Å². The fourth-order valence-electron chi connectivity index (χ4n) is 2.83. The van der Waals surface area contributed by atoms with Crippen molar-refractivity contribution in [3.05, 3.63) is 0 Å². The normalized spacial score (nSPS) is 32.7. The zero-order valence-corrected chi connectivity index (χ0v) is 14.2. The van der Waals surface area contributed by atoms with E-state index in [1.54, 1.807) is 6.92 Å². The maximum absolute atomic E-state index is 12.0. The number of hydrazone groups is 1. The van der Waals surface area contributed by atoms with E-state index in [1.807, 2.05) is 0 Å². The molecule has 2 fully saturated rings. The Bertz CT molecular complexity index is 430. The van der Waals surface area contributed by atoms with Gasteiger partial charge in [-0.3, -0.25) is 4.79 Å². The summed E-state index contributed by atoms with van der Waals surface area (Å²) in [4.78, 5) is 12.0. The number of rotatable bonds is 2. The van der Waals surface area contributed by atoms with Crippen LogP contribution in [0.5, 0.6) is 0 Å². The molecule has 2 saturated carbocycles. The Balaban J connectivity index is 1.85. The third-order valence-corrected chi connectivity index (χ3v) is 5.96. The summed E-state index contributed by atoms with van der Waals surface area (Å²) in [6.45, 7) is 8.64. The number of carbonyl (C=O) groups excluding carboxylic acids is 1. The molecule has 20 heavy (non-hydrogen) atoms. The molecule has 1 N–H and O–H groups in total. The van der Waals surface area contributed by atoms with Crippen molar-refractivity contribution in [2.75, 3.05) is 0 Å². The maximum atomic E-state index is 12.0. The number of nitrogens with zero attached hydrogens (tertiary/aromatic N) is 1. The van der Waals surface area contributed by atoms with Gasteiger partial charge in [0.05, 0.1) is 5.41 Å². The molecule has 0 unspecified atom stereocenters. The van der Waals surface area contributed by atoms with E-state index in [0.29, 0.717) is 11.8 Å². The van der Waals surface area contributed by atoms with Crippen LogP contribution in [0.25, 0.3) is 0 Å². The predicted molar refractivity (Wildman–Crippen MR) is 84.2 cm³/mol. The summed E-state index contributed by atoms with van der Waals surface area (Å²) in [6, 6.07) is 0. The quantitative estimate of drug-likeness (QED) is 0.599. The number of carbonyl (C=O) groups is 1. The molecule has 0 aromatic carbocycles. The lowest BCUT2D eigenvalue weighted by Crippen LogP contribution is -2.32. The fourth-order valence-corrected chi connectivity index (χ4v) is 3.53. The van der Waals surface area contributed by atoms with Gasteiger partial charge in [-0.25, -0.2) is 5.43 Å². The second-order valence-corrected chi connectivity index (χ2v) is 8.96. The average molecular weight is 319 g/mol. The van der Waals surface area contributed by atoms with E-state index < -0.39 is 9.75 Å². The van der Waals surface area contributed by atoms with E-state index in [4.69, 9.17) is 23.2 Å². The Morgan fingerprint density at radius 3 is 2.20 bits per heavy atom. The minimum Gasteiger partial charge on any atom is -0.272 e. The molecule has 3 nitrogen and oxygen atoms in total. The standard InChI is InChI=1S/C15H24Cl2N2O/c1-13(2,3)10-5-7-11(8-6-10)18-19-12(20)14(4)9-15(14,16)17/h10H,5-9H2,1-4H3,(H,19,20)/t10?,14-/m0/s1. The average Bonchev–Trinajstić information content (AvgIpc) is 2.86. The highest BCUT2D eigenvalue weighted by Crippen LogP contribution is 2.63. The molecule has 0 radical (unpaired) electrons. The van der Waals surface area contributed by atoms with Crippen LogP contribution in [0.2, 0.25) is 0 Å². The SMILES string of the molecule is CC(C)(C)C1CCC(=NNC(=O)[C@]2(C)CC2(Cl)Cl)CC1. The Labute approximate surface area is 131 Å². The zero-order valence-electron chi connectivity index (χ0n) is 12.7. The van der Waals surface area contributed by atoms with Gasteiger partial charge in [-0.05, 0) is 50.4 Å². The van der Waals surface area contributed by atoms with E-state index in [-0.39, 0.29) is 5.91 Å². The van der Waals surface area contributed by atoms with Gasteiger partial charge >= 0.3 is 0 Å². The number of amides is 1. The molecule has 5 heteroatoms. The largest absolute Gasteiger partial charge is 0.272 e. The van der Waals surface area contributed by atoms with Gasteiger partial charge in [0.25, 0.3) is 0 Å². The Morgan fingerprint density at radius 2 is 1.80 bits per heavy atom. The summed E-state index contributed by atoms with van der Waals surface area (Å²) in [5.41, 5.74) is 3.39. The fraction of sp³-hybridized carbons (Fsp3) is 0.867. The molecular formula is C15H24Cl2N2O. The lowest BCUT2D eigenvalue weighted by Gasteiger charge is -2.34. The number of nitrogens with one attached hydrogen (secondary N) is 1. The van der Waals surface area contributed by atoms with E-state index in [9.17, 15) is 4.79 Å². The highest BCUT2D eigenvalue weighted by atomic mass is 35.5. The van der Waals surface area contributed by atoms with E-state index >= 15 is 0 Å². The van der Waals surface area contributed by atoms with Gasteiger partial charge in [-0.2, -0.15) is 5.10 Å². The van der Waals surface area contributed by atoms with Crippen molar-refractivity contribution in [3.63, 3.8) is 0 Å². The minimum atomic E-state index is -0.929. The van der Waals surface area contributed by atoms with Crippen LogP contribution in [0.15, 0.2) is 5.10 Å². The van der Waals surface area contributed by atoms with Crippen molar-refractivity contribution in [2.45, 2.75) is 64.1 Å². The van der Waals surface area contributed by atoms with Crippen LogP contribution in [0.4, 0.5) is 0 Å². The highest BCUT2D eigenvalue weighted by Gasteiger charge is 2.68. The second kappa shape index (κ2) is 5.17. The molecule has 2 rings (SSSR count). The van der Waals surface area contributed by atoms with Crippen LogP contribution < -0.4 is 5.43 Å². The Morgan fingerprint density at radius 1 is 1.30 bits per heavy atom. The van der Waals surface area contributed by atoms with Crippen LogP contribution in [0, 0.1) is 16.7 Å². The minimum absolute atomic E-state index is 0.173. The summed E-state index contributed by atoms with van der Waals surface area (Å²) in [5, 5.41) is 4.27. The lowest BCUT2D eigenvalue weighted by atomic mass is 9.72. The summed E-state index contributed by atoms with van der Waals surface area (Å²) in [7, 11) is 0. The summed E-state index contributed by atoms with van der Waals surface area (Å²) in [5.74, 6) is 0.560. The molecule has 2 aliphatic carbocycles. The molecule has 114 valence electrons. The van der Waals surface area contributed by atoms with Gasteiger partial charge < -0.3 is 0 Å². The molecule has 0 heterocycles. The molecule has 2 aliphatic rings. The van der Waals surface area contributed by atoms with Gasteiger partial charge in [0, 0.05) is 5.71 Å². The van der Waals surface area contributed by atoms with Crippen molar-refractivity contribution in [3.8, 4) is 0 Å². The van der Waals surface area contributed by atoms with Crippen molar-refractivity contribution in [2.24, 2.45) is 21.8 Å². The molecule has 1 amide bonds.